The second-order valence-corrected chi connectivity index (χ2v) is 6.85. The maximum atomic E-state index is 5.95. The Morgan fingerprint density at radius 3 is 2.11 bits per heavy atom. The lowest BCUT2D eigenvalue weighted by Crippen LogP contribution is -2.40. The Morgan fingerprint density at radius 1 is 0.786 bits per heavy atom. The van der Waals surface area contributed by atoms with Gasteiger partial charge in [-0.2, -0.15) is 0 Å². The molecule has 0 amide bonds. The summed E-state index contributed by atoms with van der Waals surface area (Å²) < 4.78 is 23.5. The Morgan fingerprint density at radius 2 is 1.43 bits per heavy atom. The third-order valence-corrected chi connectivity index (χ3v) is 4.87. The molecule has 0 aromatic heterocycles. The van der Waals surface area contributed by atoms with E-state index in [-0.39, 0.29) is 0 Å². The van der Waals surface area contributed by atoms with Gasteiger partial charge in [-0.05, 0) is 24.1 Å². The van der Waals surface area contributed by atoms with E-state index in [0.717, 1.165) is 31.0 Å². The lowest BCUT2D eigenvalue weighted by atomic mass is 10.1. The van der Waals surface area contributed by atoms with Gasteiger partial charge in [-0.1, -0.05) is 49.4 Å². The van der Waals surface area contributed by atoms with Crippen molar-refractivity contribution in [2.24, 2.45) is 0 Å². The predicted molar refractivity (Wildman–Crippen MR) is 110 cm³/mol. The highest BCUT2D eigenvalue weighted by Gasteiger charge is 2.18. The standard InChI is InChI=1S/C23H31NO4/c1-2-21-19-26-15-17-28-23-11-7-6-10-22(23)27-16-14-25-13-12-24(21)18-20-8-4-3-5-9-20/h3-11,21H,2,12-19H2,1H3. The molecule has 152 valence electrons. The molecular formula is C23H31NO4. The third kappa shape index (κ3) is 6.51. The second-order valence-electron chi connectivity index (χ2n) is 6.85. The lowest BCUT2D eigenvalue weighted by Gasteiger charge is -2.31. The number of para-hydroxylation sites is 2. The maximum Gasteiger partial charge on any atom is 0.161 e. The van der Waals surface area contributed by atoms with Crippen LogP contribution >= 0.6 is 0 Å². The molecule has 28 heavy (non-hydrogen) atoms. The van der Waals surface area contributed by atoms with Crippen molar-refractivity contribution in [3.8, 4) is 11.5 Å². The number of ether oxygens (including phenoxy) is 4. The molecular weight excluding hydrogens is 354 g/mol. The number of rotatable bonds is 3. The zero-order chi connectivity index (χ0) is 19.4. The summed E-state index contributed by atoms with van der Waals surface area (Å²) in [5, 5.41) is 0. The van der Waals surface area contributed by atoms with Crippen molar-refractivity contribution < 1.29 is 18.9 Å². The zero-order valence-electron chi connectivity index (χ0n) is 16.7. The van der Waals surface area contributed by atoms with Crippen LogP contribution in [0.3, 0.4) is 0 Å². The number of hydrogen-bond acceptors (Lipinski definition) is 5. The van der Waals surface area contributed by atoms with Crippen LogP contribution in [-0.2, 0) is 16.0 Å². The van der Waals surface area contributed by atoms with Crippen molar-refractivity contribution in [2.75, 3.05) is 46.2 Å². The summed E-state index contributed by atoms with van der Waals surface area (Å²) in [5.74, 6) is 1.50. The molecule has 2 aromatic carbocycles. The van der Waals surface area contributed by atoms with Crippen LogP contribution in [0.2, 0.25) is 0 Å². The van der Waals surface area contributed by atoms with Gasteiger partial charge in [0.1, 0.15) is 13.2 Å². The van der Waals surface area contributed by atoms with Gasteiger partial charge in [0, 0.05) is 19.1 Å². The first-order chi connectivity index (χ1) is 13.9. The third-order valence-electron chi connectivity index (χ3n) is 4.87. The molecule has 0 N–H and O–H groups in total. The van der Waals surface area contributed by atoms with Gasteiger partial charge in [-0.25, -0.2) is 0 Å². The Labute approximate surface area is 168 Å². The number of nitrogens with zero attached hydrogens (tertiary/aromatic N) is 1. The van der Waals surface area contributed by atoms with Crippen LogP contribution in [0.5, 0.6) is 11.5 Å². The number of benzene rings is 2. The summed E-state index contributed by atoms with van der Waals surface area (Å²) in [6.07, 6.45) is 1.03. The summed E-state index contributed by atoms with van der Waals surface area (Å²) in [4.78, 5) is 2.45. The van der Waals surface area contributed by atoms with E-state index >= 15 is 0 Å². The summed E-state index contributed by atoms with van der Waals surface area (Å²) in [7, 11) is 0. The molecule has 1 atom stereocenters. The van der Waals surface area contributed by atoms with Crippen LogP contribution in [0.1, 0.15) is 18.9 Å². The predicted octanol–water partition coefficient (Wildman–Crippen LogP) is 3.77. The zero-order valence-corrected chi connectivity index (χ0v) is 16.7. The van der Waals surface area contributed by atoms with Gasteiger partial charge in [0.05, 0.1) is 26.4 Å². The molecule has 5 heteroatoms. The lowest BCUT2D eigenvalue weighted by molar-refractivity contribution is 0.0227. The molecule has 2 aromatic rings. The Kier molecular flexibility index (Phi) is 8.62. The second kappa shape index (κ2) is 11.7. The number of hydrogen-bond donors (Lipinski definition) is 0. The van der Waals surface area contributed by atoms with Crippen LogP contribution in [0.25, 0.3) is 0 Å². The maximum absolute atomic E-state index is 5.95. The molecule has 0 fully saturated rings. The summed E-state index contributed by atoms with van der Waals surface area (Å²) in [5.41, 5.74) is 1.31. The van der Waals surface area contributed by atoms with E-state index in [1.54, 1.807) is 0 Å². The minimum Gasteiger partial charge on any atom is -0.487 e. The van der Waals surface area contributed by atoms with Crippen LogP contribution in [-0.4, -0.2) is 57.1 Å². The summed E-state index contributed by atoms with van der Waals surface area (Å²) in [6.45, 7) is 7.45. The van der Waals surface area contributed by atoms with Crippen molar-refractivity contribution in [3.63, 3.8) is 0 Å². The van der Waals surface area contributed by atoms with Crippen LogP contribution in [0, 0.1) is 0 Å². The molecule has 0 aliphatic carbocycles. The fourth-order valence-corrected chi connectivity index (χ4v) is 3.30. The van der Waals surface area contributed by atoms with E-state index in [9.17, 15) is 0 Å². The molecule has 0 spiro atoms. The van der Waals surface area contributed by atoms with Crippen molar-refractivity contribution >= 4 is 0 Å². The Bertz CT molecular complexity index is 679. The first-order valence-electron chi connectivity index (χ1n) is 10.1. The quantitative estimate of drug-likeness (QED) is 0.804. The van der Waals surface area contributed by atoms with E-state index in [0.29, 0.717) is 45.7 Å². The van der Waals surface area contributed by atoms with Crippen LogP contribution in [0.4, 0.5) is 0 Å². The minimum atomic E-state index is 0.345. The van der Waals surface area contributed by atoms with E-state index in [1.165, 1.54) is 5.56 Å². The fraction of sp³-hybridized carbons (Fsp3) is 0.478. The molecule has 0 bridgehead atoms. The molecule has 1 heterocycles. The topological polar surface area (TPSA) is 40.2 Å². The van der Waals surface area contributed by atoms with Crippen molar-refractivity contribution in [1.82, 2.24) is 4.90 Å². The largest absolute Gasteiger partial charge is 0.487 e. The van der Waals surface area contributed by atoms with Crippen LogP contribution < -0.4 is 9.47 Å². The van der Waals surface area contributed by atoms with Gasteiger partial charge < -0.3 is 18.9 Å². The highest BCUT2D eigenvalue weighted by molar-refractivity contribution is 5.39. The average molecular weight is 386 g/mol. The first-order valence-corrected chi connectivity index (χ1v) is 10.1. The normalized spacial score (nSPS) is 20.1. The van der Waals surface area contributed by atoms with E-state index < -0.39 is 0 Å². The van der Waals surface area contributed by atoms with Crippen molar-refractivity contribution in [3.05, 3.63) is 60.2 Å². The van der Waals surface area contributed by atoms with Gasteiger partial charge in [0.25, 0.3) is 0 Å². The monoisotopic (exact) mass is 385 g/mol. The smallest absolute Gasteiger partial charge is 0.161 e. The molecule has 3 rings (SSSR count). The minimum absolute atomic E-state index is 0.345. The molecule has 0 saturated carbocycles. The molecule has 5 nitrogen and oxygen atoms in total. The highest BCUT2D eigenvalue weighted by atomic mass is 16.6. The first kappa shape index (κ1) is 20.6. The van der Waals surface area contributed by atoms with Gasteiger partial charge >= 0.3 is 0 Å². The van der Waals surface area contributed by atoms with Crippen molar-refractivity contribution in [2.45, 2.75) is 25.9 Å². The highest BCUT2D eigenvalue weighted by Crippen LogP contribution is 2.26. The molecule has 0 radical (unpaired) electrons. The molecule has 1 aliphatic rings. The van der Waals surface area contributed by atoms with Gasteiger partial charge in [-0.15, -0.1) is 0 Å². The SMILES string of the molecule is CCC1COCCOc2ccccc2OCCOCCN1Cc1ccccc1. The molecule has 0 saturated heterocycles. The Hall–Kier alpha value is -2.08. The molecule has 1 unspecified atom stereocenters. The fourth-order valence-electron chi connectivity index (χ4n) is 3.30. The Balaban J connectivity index is 1.62. The van der Waals surface area contributed by atoms with E-state index in [1.807, 2.05) is 24.3 Å². The van der Waals surface area contributed by atoms with Crippen LogP contribution in [0.15, 0.2) is 54.6 Å². The summed E-state index contributed by atoms with van der Waals surface area (Å²) >= 11 is 0. The van der Waals surface area contributed by atoms with E-state index in [2.05, 4.69) is 42.2 Å². The van der Waals surface area contributed by atoms with E-state index in [4.69, 9.17) is 18.9 Å². The van der Waals surface area contributed by atoms with Gasteiger partial charge in [-0.3, -0.25) is 4.90 Å². The summed E-state index contributed by atoms with van der Waals surface area (Å²) in [6, 6.07) is 18.6. The molecule has 1 aliphatic heterocycles. The van der Waals surface area contributed by atoms with Gasteiger partial charge in [0.2, 0.25) is 0 Å². The number of fused-ring (bicyclic) bond motifs is 1. The average Bonchev–Trinajstić information content (AvgIpc) is 2.74. The van der Waals surface area contributed by atoms with Gasteiger partial charge in [0.15, 0.2) is 11.5 Å². The van der Waals surface area contributed by atoms with Crippen molar-refractivity contribution in [1.29, 1.82) is 0 Å².